The van der Waals surface area contributed by atoms with Crippen LogP contribution in [0.3, 0.4) is 0 Å². The Balaban J connectivity index is 4.79. The smallest absolute Gasteiger partial charge is 0.337 e. The van der Waals surface area contributed by atoms with E-state index in [0.29, 0.717) is 12.2 Å². The molecule has 6 heteroatoms. The van der Waals surface area contributed by atoms with Crippen LogP contribution in [0.15, 0.2) is 24.3 Å². The number of rotatable bonds is 8. The number of esters is 2. The highest BCUT2D eigenvalue weighted by atomic mass is 32.1. The maximum atomic E-state index is 11.5. The number of ether oxygens (including phenoxy) is 2. The van der Waals surface area contributed by atoms with Crippen LogP contribution >= 0.6 is 25.3 Å². The highest BCUT2D eigenvalue weighted by molar-refractivity contribution is 7.81. The maximum absolute atomic E-state index is 11.5. The molecule has 0 aromatic heterocycles. The molecule has 19 heavy (non-hydrogen) atoms. The van der Waals surface area contributed by atoms with Gasteiger partial charge in [0.25, 0.3) is 0 Å². The molecule has 0 saturated carbocycles. The maximum Gasteiger partial charge on any atom is 0.337 e. The Morgan fingerprint density at radius 3 is 1.79 bits per heavy atom. The summed E-state index contributed by atoms with van der Waals surface area (Å²) in [6.07, 6.45) is 1.72. The van der Waals surface area contributed by atoms with Crippen LogP contribution in [0.4, 0.5) is 0 Å². The number of hydrogen-bond acceptors (Lipinski definition) is 6. The topological polar surface area (TPSA) is 52.6 Å². The summed E-state index contributed by atoms with van der Waals surface area (Å²) in [6, 6.07) is 0. The van der Waals surface area contributed by atoms with Crippen LogP contribution in [0.2, 0.25) is 0 Å². The van der Waals surface area contributed by atoms with E-state index in [9.17, 15) is 9.59 Å². The van der Waals surface area contributed by atoms with Gasteiger partial charge in [0.2, 0.25) is 0 Å². The lowest BCUT2D eigenvalue weighted by Gasteiger charge is -2.28. The van der Waals surface area contributed by atoms with Gasteiger partial charge in [-0.1, -0.05) is 25.8 Å². The molecule has 0 spiro atoms. The fraction of sp³-hybridized carbons (Fsp3) is 0.538. The Morgan fingerprint density at radius 2 is 1.47 bits per heavy atom. The lowest BCUT2D eigenvalue weighted by molar-refractivity contribution is -0.193. The first kappa shape index (κ1) is 18.1. The van der Waals surface area contributed by atoms with Crippen LogP contribution in [-0.2, 0) is 19.1 Å². The number of hydrogen-bond donors (Lipinski definition) is 2. The molecule has 0 aliphatic rings. The molecule has 0 N–H and O–H groups in total. The van der Waals surface area contributed by atoms with Crippen molar-refractivity contribution >= 4 is 37.2 Å². The van der Waals surface area contributed by atoms with Crippen LogP contribution in [0.25, 0.3) is 0 Å². The molecule has 108 valence electrons. The van der Waals surface area contributed by atoms with Crippen molar-refractivity contribution < 1.29 is 19.1 Å². The second kappa shape index (κ2) is 8.32. The van der Waals surface area contributed by atoms with Gasteiger partial charge < -0.3 is 9.47 Å². The standard InChI is InChI=1S/C13H20O4S2/c1-9(2)11(14)16-13(19,7-5-6-8-18)17-12(15)10(3)4/h18-19H,1,3,5-8H2,2,4H3. The van der Waals surface area contributed by atoms with Crippen molar-refractivity contribution in [2.24, 2.45) is 0 Å². The van der Waals surface area contributed by atoms with E-state index in [1.54, 1.807) is 0 Å². The Labute approximate surface area is 125 Å². The first-order valence-electron chi connectivity index (χ1n) is 5.83. The summed E-state index contributed by atoms with van der Waals surface area (Å²) >= 11 is 8.25. The monoisotopic (exact) mass is 304 g/mol. The van der Waals surface area contributed by atoms with Gasteiger partial charge in [0.15, 0.2) is 0 Å². The second-order valence-corrected chi connectivity index (χ2v) is 5.36. The molecular weight excluding hydrogens is 284 g/mol. The van der Waals surface area contributed by atoms with Gasteiger partial charge in [-0.3, -0.25) is 0 Å². The van der Waals surface area contributed by atoms with E-state index in [1.807, 2.05) is 0 Å². The summed E-state index contributed by atoms with van der Waals surface area (Å²) in [4.78, 5) is 23.1. The Bertz CT molecular complexity index is 349. The summed E-state index contributed by atoms with van der Waals surface area (Å²) in [5, 5.41) is -1.60. The van der Waals surface area contributed by atoms with Crippen molar-refractivity contribution in [3.8, 4) is 0 Å². The third kappa shape index (κ3) is 7.32. The van der Waals surface area contributed by atoms with Crippen LogP contribution in [0, 0.1) is 0 Å². The molecule has 0 aromatic carbocycles. The molecular formula is C13H20O4S2. The van der Waals surface area contributed by atoms with Crippen molar-refractivity contribution in [2.75, 3.05) is 5.75 Å². The fourth-order valence-corrected chi connectivity index (χ4v) is 1.59. The van der Waals surface area contributed by atoms with E-state index in [4.69, 9.17) is 9.47 Å². The minimum absolute atomic E-state index is 0.207. The van der Waals surface area contributed by atoms with Gasteiger partial charge in [-0.05, 0) is 32.4 Å². The van der Waals surface area contributed by atoms with E-state index in [0.717, 1.165) is 6.42 Å². The van der Waals surface area contributed by atoms with Crippen molar-refractivity contribution in [3.63, 3.8) is 0 Å². The Hall–Kier alpha value is -0.880. The first-order valence-corrected chi connectivity index (χ1v) is 6.90. The van der Waals surface area contributed by atoms with Gasteiger partial charge in [0.05, 0.1) is 0 Å². The third-order valence-electron chi connectivity index (χ3n) is 2.10. The lowest BCUT2D eigenvalue weighted by Crippen LogP contribution is -2.35. The molecule has 4 nitrogen and oxygen atoms in total. The molecule has 0 unspecified atom stereocenters. The summed E-state index contributed by atoms with van der Waals surface area (Å²) in [5.41, 5.74) is 0.415. The summed E-state index contributed by atoms with van der Waals surface area (Å²) in [5.74, 6) is -0.627. The Kier molecular flexibility index (Phi) is 7.94. The van der Waals surface area contributed by atoms with Gasteiger partial charge in [-0.2, -0.15) is 12.6 Å². The molecule has 0 aromatic rings. The first-order chi connectivity index (χ1) is 8.72. The number of unbranched alkanes of at least 4 members (excludes halogenated alkanes) is 1. The molecule has 0 heterocycles. The zero-order chi connectivity index (χ0) is 15.1. The van der Waals surface area contributed by atoms with E-state index in [-0.39, 0.29) is 17.6 Å². The van der Waals surface area contributed by atoms with Crippen molar-refractivity contribution in [1.82, 2.24) is 0 Å². The number of thiol groups is 2. The highest BCUT2D eigenvalue weighted by Crippen LogP contribution is 2.27. The number of carbonyl (C=O) groups excluding carboxylic acids is 2. The summed E-state index contributed by atoms with van der Waals surface area (Å²) in [6.45, 7) is 9.95. The summed E-state index contributed by atoms with van der Waals surface area (Å²) < 4.78 is 10.2. The van der Waals surface area contributed by atoms with Gasteiger partial charge in [-0.15, -0.1) is 0 Å². The average Bonchev–Trinajstić information content (AvgIpc) is 2.28. The molecule has 0 aliphatic heterocycles. The highest BCUT2D eigenvalue weighted by Gasteiger charge is 2.34. The van der Waals surface area contributed by atoms with Crippen LogP contribution in [-0.4, -0.2) is 22.8 Å². The van der Waals surface area contributed by atoms with Crippen molar-refractivity contribution in [2.45, 2.75) is 38.2 Å². The zero-order valence-electron chi connectivity index (χ0n) is 11.3. The van der Waals surface area contributed by atoms with E-state index < -0.39 is 17.1 Å². The van der Waals surface area contributed by atoms with E-state index in [2.05, 4.69) is 38.4 Å². The Morgan fingerprint density at radius 1 is 1.05 bits per heavy atom. The quantitative estimate of drug-likeness (QED) is 0.238. The number of carbonyl (C=O) groups is 2. The lowest BCUT2D eigenvalue weighted by atomic mass is 10.2. The normalized spacial score (nSPS) is 10.7. The fourth-order valence-electron chi connectivity index (χ4n) is 1.05. The molecule has 0 rings (SSSR count). The van der Waals surface area contributed by atoms with Crippen LogP contribution < -0.4 is 0 Å². The second-order valence-electron chi connectivity index (χ2n) is 4.23. The van der Waals surface area contributed by atoms with E-state index >= 15 is 0 Å². The molecule has 0 atom stereocenters. The van der Waals surface area contributed by atoms with Crippen LogP contribution in [0.5, 0.6) is 0 Å². The largest absolute Gasteiger partial charge is 0.409 e. The molecule has 0 bridgehead atoms. The molecule has 0 amide bonds. The van der Waals surface area contributed by atoms with Crippen molar-refractivity contribution in [3.05, 3.63) is 24.3 Å². The SMILES string of the molecule is C=C(C)C(=O)OC(S)(CCCCS)OC(=O)C(=C)C. The van der Waals surface area contributed by atoms with Crippen LogP contribution in [0.1, 0.15) is 33.1 Å². The average molecular weight is 304 g/mol. The minimum Gasteiger partial charge on any atom is -0.409 e. The van der Waals surface area contributed by atoms with E-state index in [1.165, 1.54) is 13.8 Å². The minimum atomic E-state index is -1.60. The van der Waals surface area contributed by atoms with Gasteiger partial charge in [0, 0.05) is 17.6 Å². The van der Waals surface area contributed by atoms with Gasteiger partial charge in [-0.25, -0.2) is 9.59 Å². The molecule has 0 fully saturated rings. The van der Waals surface area contributed by atoms with Gasteiger partial charge >= 0.3 is 17.1 Å². The molecule has 0 aliphatic carbocycles. The molecule has 0 saturated heterocycles. The zero-order valence-corrected chi connectivity index (χ0v) is 13.1. The summed E-state index contributed by atoms with van der Waals surface area (Å²) in [7, 11) is 0. The third-order valence-corrected chi connectivity index (χ3v) is 2.82. The molecule has 0 radical (unpaired) electrons. The van der Waals surface area contributed by atoms with Gasteiger partial charge in [0.1, 0.15) is 0 Å². The predicted molar refractivity (Wildman–Crippen MR) is 81.2 cm³/mol. The predicted octanol–water partition coefficient (Wildman–Crippen LogP) is 2.91. The van der Waals surface area contributed by atoms with Crippen molar-refractivity contribution in [1.29, 1.82) is 0 Å².